The van der Waals surface area contributed by atoms with Crippen molar-refractivity contribution in [2.75, 3.05) is 26.7 Å². The number of piperidine rings is 1. The van der Waals surface area contributed by atoms with Gasteiger partial charge in [-0.25, -0.2) is 4.39 Å². The van der Waals surface area contributed by atoms with Crippen LogP contribution in [0.1, 0.15) is 36.9 Å². The van der Waals surface area contributed by atoms with E-state index in [0.29, 0.717) is 11.6 Å². The number of hydrogen-bond donors (Lipinski definition) is 1. The van der Waals surface area contributed by atoms with Gasteiger partial charge in [-0.05, 0) is 91.6 Å². The van der Waals surface area contributed by atoms with Crippen LogP contribution in [-0.4, -0.2) is 47.8 Å². The third-order valence-corrected chi connectivity index (χ3v) is 7.93. The van der Waals surface area contributed by atoms with Gasteiger partial charge in [-0.2, -0.15) is 0 Å². The van der Waals surface area contributed by atoms with Crippen molar-refractivity contribution in [2.24, 2.45) is 0 Å². The molecule has 180 valence electrons. The Morgan fingerprint density at radius 1 is 1.06 bits per heavy atom. The van der Waals surface area contributed by atoms with Crippen LogP contribution in [0.25, 0.3) is 10.8 Å². The molecular formula is C28H31Cl2FN2O. The fourth-order valence-corrected chi connectivity index (χ4v) is 5.97. The fraction of sp³-hybridized carbons (Fsp3) is 0.357. The number of fused-ring (bicyclic) bond motifs is 1. The van der Waals surface area contributed by atoms with Crippen LogP contribution >= 0.6 is 24.0 Å². The Bertz CT molecular complexity index is 1190. The molecule has 2 aliphatic rings. The van der Waals surface area contributed by atoms with E-state index in [0.717, 1.165) is 53.4 Å². The summed E-state index contributed by atoms with van der Waals surface area (Å²) in [4.78, 5) is 4.46. The van der Waals surface area contributed by atoms with E-state index in [-0.39, 0.29) is 29.7 Å². The normalized spacial score (nSPS) is 21.8. The van der Waals surface area contributed by atoms with Crippen LogP contribution < -0.4 is 0 Å². The maximum absolute atomic E-state index is 13.7. The molecule has 3 aromatic rings. The number of halogens is 3. The molecule has 2 atom stereocenters. The van der Waals surface area contributed by atoms with Crippen molar-refractivity contribution in [3.05, 3.63) is 94.3 Å². The molecule has 1 unspecified atom stereocenters. The summed E-state index contributed by atoms with van der Waals surface area (Å²) in [5.41, 5.74) is 2.96. The summed E-state index contributed by atoms with van der Waals surface area (Å²) in [5.74, 6) is -0.231. The van der Waals surface area contributed by atoms with Crippen molar-refractivity contribution < 1.29 is 9.50 Å². The molecule has 0 amide bonds. The number of likely N-dealkylation sites (tertiary alicyclic amines) is 1. The molecule has 2 heterocycles. The predicted octanol–water partition coefficient (Wildman–Crippen LogP) is 6.34. The van der Waals surface area contributed by atoms with Crippen molar-refractivity contribution in [2.45, 2.75) is 37.5 Å². The average Bonchev–Trinajstić information content (AvgIpc) is 3.21. The number of aliphatic hydroxyl groups is 1. The highest BCUT2D eigenvalue weighted by atomic mass is 35.5. The minimum absolute atomic E-state index is 0. The highest BCUT2D eigenvalue weighted by Gasteiger charge is 2.45. The molecule has 34 heavy (non-hydrogen) atoms. The van der Waals surface area contributed by atoms with Crippen molar-refractivity contribution >= 4 is 34.8 Å². The number of aliphatic hydroxyl groups excluding tert-OH is 1. The van der Waals surface area contributed by atoms with Crippen LogP contribution in [0.15, 0.2) is 72.3 Å². The first-order valence-corrected chi connectivity index (χ1v) is 12.0. The summed E-state index contributed by atoms with van der Waals surface area (Å²) in [6.07, 6.45) is 3.30. The van der Waals surface area contributed by atoms with Crippen LogP contribution in [0.4, 0.5) is 4.39 Å². The first kappa shape index (κ1) is 25.2. The van der Waals surface area contributed by atoms with E-state index < -0.39 is 6.23 Å². The van der Waals surface area contributed by atoms with Crippen molar-refractivity contribution in [3.8, 4) is 0 Å². The molecule has 6 heteroatoms. The predicted molar refractivity (Wildman–Crippen MR) is 140 cm³/mol. The van der Waals surface area contributed by atoms with E-state index >= 15 is 0 Å². The quantitative estimate of drug-likeness (QED) is 0.423. The fourth-order valence-electron chi connectivity index (χ4n) is 5.74. The smallest absolute Gasteiger partial charge is 0.131 e. The minimum atomic E-state index is -0.703. The van der Waals surface area contributed by atoms with Crippen molar-refractivity contribution in [3.63, 3.8) is 0 Å². The Kier molecular flexibility index (Phi) is 7.37. The molecule has 1 fully saturated rings. The summed E-state index contributed by atoms with van der Waals surface area (Å²) in [6, 6.07) is 19.1. The average molecular weight is 501 g/mol. The van der Waals surface area contributed by atoms with Crippen LogP contribution in [0.5, 0.6) is 0 Å². The van der Waals surface area contributed by atoms with E-state index in [1.54, 1.807) is 0 Å². The Morgan fingerprint density at radius 3 is 2.44 bits per heavy atom. The Balaban J connectivity index is 0.00000274. The second kappa shape index (κ2) is 9.96. The lowest BCUT2D eigenvalue weighted by Crippen LogP contribution is -2.46. The van der Waals surface area contributed by atoms with Gasteiger partial charge in [-0.15, -0.1) is 12.4 Å². The maximum atomic E-state index is 13.7. The molecule has 2 aliphatic heterocycles. The second-order valence-corrected chi connectivity index (χ2v) is 9.95. The van der Waals surface area contributed by atoms with Crippen LogP contribution in [0.2, 0.25) is 5.02 Å². The van der Waals surface area contributed by atoms with E-state index in [2.05, 4.69) is 42.0 Å². The van der Waals surface area contributed by atoms with Gasteiger partial charge in [0.05, 0.1) is 0 Å². The van der Waals surface area contributed by atoms with Crippen molar-refractivity contribution in [1.29, 1.82) is 0 Å². The molecule has 0 spiro atoms. The maximum Gasteiger partial charge on any atom is 0.131 e. The Hall–Kier alpha value is -1.95. The molecule has 3 nitrogen and oxygen atoms in total. The first-order chi connectivity index (χ1) is 15.9. The van der Waals surface area contributed by atoms with E-state index in [4.69, 9.17) is 11.6 Å². The molecular weight excluding hydrogens is 470 g/mol. The number of hydrogen-bond acceptors (Lipinski definition) is 3. The van der Waals surface area contributed by atoms with Crippen LogP contribution in [-0.2, 0) is 5.41 Å². The highest BCUT2D eigenvalue weighted by molar-refractivity contribution is 6.31. The van der Waals surface area contributed by atoms with Gasteiger partial charge in [-0.3, -0.25) is 4.90 Å². The standard InChI is InChI=1S/C28H30ClFN2O.ClH/c1-19(25-18-22(29)17-20-5-3-4-6-24(20)25)32-14-11-26(27(32)33)28(12-15-31(2)16-13-28)21-7-9-23(30)10-8-21;/h3-11,17-19,27,33H,12-16H2,1-2H3;1H/t19-,27?;/m1./s1. The van der Waals surface area contributed by atoms with Gasteiger partial charge in [0.25, 0.3) is 0 Å². The summed E-state index contributed by atoms with van der Waals surface area (Å²) < 4.78 is 13.7. The molecule has 0 aromatic heterocycles. The molecule has 1 saturated heterocycles. The van der Waals surface area contributed by atoms with E-state index in [1.807, 2.05) is 36.4 Å². The summed E-state index contributed by atoms with van der Waals surface area (Å²) in [5, 5.41) is 14.6. The SMILES string of the molecule is C[C@H](c1cc(Cl)cc2ccccc12)N1CC=C(C2(c3ccc(F)cc3)CCN(C)CC2)C1O.Cl. The van der Waals surface area contributed by atoms with Crippen molar-refractivity contribution in [1.82, 2.24) is 9.80 Å². The van der Waals surface area contributed by atoms with Gasteiger partial charge in [0.2, 0.25) is 0 Å². The number of nitrogens with zero attached hydrogens (tertiary/aromatic N) is 2. The van der Waals surface area contributed by atoms with Crippen LogP contribution in [0, 0.1) is 5.82 Å². The number of benzene rings is 3. The molecule has 0 aliphatic carbocycles. The van der Waals surface area contributed by atoms with Gasteiger partial charge >= 0.3 is 0 Å². The zero-order valence-electron chi connectivity index (χ0n) is 19.5. The summed E-state index contributed by atoms with van der Waals surface area (Å²) >= 11 is 6.46. The lowest BCUT2D eigenvalue weighted by molar-refractivity contribution is 0.0153. The lowest BCUT2D eigenvalue weighted by Gasteiger charge is -2.44. The van der Waals surface area contributed by atoms with Gasteiger partial charge in [0, 0.05) is 23.0 Å². The number of rotatable bonds is 4. The summed E-state index contributed by atoms with van der Waals surface area (Å²) in [7, 11) is 2.13. The Morgan fingerprint density at radius 2 is 1.74 bits per heavy atom. The highest BCUT2D eigenvalue weighted by Crippen LogP contribution is 2.47. The van der Waals surface area contributed by atoms with Gasteiger partial charge in [0.1, 0.15) is 12.0 Å². The van der Waals surface area contributed by atoms with Gasteiger partial charge in [-0.1, -0.05) is 54.1 Å². The van der Waals surface area contributed by atoms with Gasteiger partial charge < -0.3 is 10.0 Å². The monoisotopic (exact) mass is 500 g/mol. The largest absolute Gasteiger partial charge is 0.374 e. The third kappa shape index (κ3) is 4.38. The molecule has 1 N–H and O–H groups in total. The van der Waals surface area contributed by atoms with Crippen LogP contribution in [0.3, 0.4) is 0 Å². The van der Waals surface area contributed by atoms with Gasteiger partial charge in [0.15, 0.2) is 0 Å². The zero-order valence-corrected chi connectivity index (χ0v) is 21.1. The molecule has 0 saturated carbocycles. The topological polar surface area (TPSA) is 26.7 Å². The first-order valence-electron chi connectivity index (χ1n) is 11.7. The Labute approximate surface area is 212 Å². The van der Waals surface area contributed by atoms with E-state index in [9.17, 15) is 9.50 Å². The second-order valence-electron chi connectivity index (χ2n) is 9.51. The molecule has 3 aromatic carbocycles. The molecule has 5 rings (SSSR count). The minimum Gasteiger partial charge on any atom is -0.374 e. The third-order valence-electron chi connectivity index (χ3n) is 7.71. The lowest BCUT2D eigenvalue weighted by atomic mass is 9.67. The molecule has 0 radical (unpaired) electrons. The molecule has 0 bridgehead atoms. The van der Waals surface area contributed by atoms with E-state index in [1.165, 1.54) is 12.1 Å². The summed E-state index contributed by atoms with van der Waals surface area (Å²) in [6.45, 7) is 4.68. The zero-order chi connectivity index (χ0) is 23.2.